The summed E-state index contributed by atoms with van der Waals surface area (Å²) in [5, 5.41) is 7.97. The molecule has 0 aliphatic carbocycles. The second-order valence-corrected chi connectivity index (χ2v) is 9.65. The minimum Gasteiger partial charge on any atom is -0.351 e. The molecule has 1 fully saturated rings. The standard InChI is InChI=1S/C20H21ClN6O3S/c1-26-17(13-28)10-19(25-26)14-3-2-4-18(9-14)31(29,30)27-7-5-16(6-8-27)24-20-22-11-15(21)12-23-20/h2-4,9-13,16H,5-8H2,1H3,(H,22,23,24). The predicted octanol–water partition coefficient (Wildman–Crippen LogP) is 2.61. The quantitative estimate of drug-likeness (QED) is 0.563. The van der Waals surface area contributed by atoms with Crippen LogP contribution in [0.2, 0.25) is 5.02 Å². The van der Waals surface area contributed by atoms with Gasteiger partial charge in [-0.3, -0.25) is 9.48 Å². The van der Waals surface area contributed by atoms with Gasteiger partial charge in [-0.2, -0.15) is 9.40 Å². The van der Waals surface area contributed by atoms with E-state index in [1.165, 1.54) is 21.4 Å². The Kier molecular flexibility index (Phi) is 6.03. The third kappa shape index (κ3) is 4.60. The second kappa shape index (κ2) is 8.74. The SMILES string of the molecule is Cn1nc(-c2cccc(S(=O)(=O)N3CCC(Nc4ncc(Cl)cn4)CC3)c2)cc1C=O. The molecule has 3 heterocycles. The van der Waals surface area contributed by atoms with Crippen LogP contribution in [0.3, 0.4) is 0 Å². The van der Waals surface area contributed by atoms with Gasteiger partial charge in [-0.05, 0) is 31.0 Å². The number of aromatic nitrogens is 4. The van der Waals surface area contributed by atoms with Crippen LogP contribution in [0.25, 0.3) is 11.3 Å². The lowest BCUT2D eigenvalue weighted by molar-refractivity contribution is 0.111. The smallest absolute Gasteiger partial charge is 0.243 e. The first kappa shape index (κ1) is 21.4. The molecule has 0 amide bonds. The molecule has 0 bridgehead atoms. The number of benzene rings is 1. The first-order valence-corrected chi connectivity index (χ1v) is 11.5. The average molecular weight is 461 g/mol. The minimum absolute atomic E-state index is 0.0780. The molecule has 31 heavy (non-hydrogen) atoms. The van der Waals surface area contributed by atoms with Crippen molar-refractivity contribution in [2.75, 3.05) is 18.4 Å². The van der Waals surface area contributed by atoms with Gasteiger partial charge in [0.1, 0.15) is 5.69 Å². The van der Waals surface area contributed by atoms with Gasteiger partial charge in [0, 0.05) is 31.7 Å². The van der Waals surface area contributed by atoms with E-state index in [0.29, 0.717) is 60.1 Å². The Hall–Kier alpha value is -2.82. The predicted molar refractivity (Wildman–Crippen MR) is 116 cm³/mol. The first-order valence-electron chi connectivity index (χ1n) is 9.71. The summed E-state index contributed by atoms with van der Waals surface area (Å²) in [6, 6.07) is 8.34. The molecule has 0 radical (unpaired) electrons. The van der Waals surface area contributed by atoms with E-state index in [-0.39, 0.29) is 10.9 Å². The van der Waals surface area contributed by atoms with E-state index < -0.39 is 10.0 Å². The van der Waals surface area contributed by atoms with E-state index in [4.69, 9.17) is 11.6 Å². The molecule has 0 unspecified atom stereocenters. The van der Waals surface area contributed by atoms with E-state index >= 15 is 0 Å². The van der Waals surface area contributed by atoms with Crippen LogP contribution >= 0.6 is 11.6 Å². The number of piperidine rings is 1. The Morgan fingerprint density at radius 2 is 1.87 bits per heavy atom. The van der Waals surface area contributed by atoms with Crippen molar-refractivity contribution >= 4 is 33.9 Å². The number of hydrogen-bond acceptors (Lipinski definition) is 7. The molecule has 9 nitrogen and oxygen atoms in total. The van der Waals surface area contributed by atoms with Crippen LogP contribution in [0.1, 0.15) is 23.3 Å². The van der Waals surface area contributed by atoms with E-state index in [1.807, 2.05) is 0 Å². The number of anilines is 1. The van der Waals surface area contributed by atoms with Gasteiger partial charge in [0.05, 0.1) is 28.0 Å². The lowest BCUT2D eigenvalue weighted by atomic mass is 10.1. The summed E-state index contributed by atoms with van der Waals surface area (Å²) < 4.78 is 29.3. The van der Waals surface area contributed by atoms with Crippen molar-refractivity contribution < 1.29 is 13.2 Å². The molecular formula is C20H21ClN6O3S. The Morgan fingerprint density at radius 3 is 2.52 bits per heavy atom. The Morgan fingerprint density at radius 1 is 1.16 bits per heavy atom. The number of halogens is 1. The normalized spacial score (nSPS) is 15.7. The van der Waals surface area contributed by atoms with Gasteiger partial charge in [-0.15, -0.1) is 0 Å². The largest absolute Gasteiger partial charge is 0.351 e. The van der Waals surface area contributed by atoms with Gasteiger partial charge >= 0.3 is 0 Å². The molecule has 162 valence electrons. The van der Waals surface area contributed by atoms with Crippen molar-refractivity contribution in [3.05, 3.63) is 53.4 Å². The zero-order chi connectivity index (χ0) is 22.0. The Bertz CT molecular complexity index is 1190. The minimum atomic E-state index is -3.65. The number of aldehydes is 1. The molecule has 1 saturated heterocycles. The molecule has 11 heteroatoms. The van der Waals surface area contributed by atoms with Crippen molar-refractivity contribution in [1.82, 2.24) is 24.1 Å². The fraction of sp³-hybridized carbons (Fsp3) is 0.300. The fourth-order valence-electron chi connectivity index (χ4n) is 3.51. The first-order chi connectivity index (χ1) is 14.9. The Balaban J connectivity index is 1.46. The summed E-state index contributed by atoms with van der Waals surface area (Å²) in [5.41, 5.74) is 1.61. The van der Waals surface area contributed by atoms with Gasteiger partial charge in [-0.1, -0.05) is 23.7 Å². The van der Waals surface area contributed by atoms with Crippen LogP contribution in [0, 0.1) is 0 Å². The molecule has 0 atom stereocenters. The Labute approximate surface area is 185 Å². The monoisotopic (exact) mass is 460 g/mol. The second-order valence-electron chi connectivity index (χ2n) is 7.27. The van der Waals surface area contributed by atoms with Crippen LogP contribution in [0.4, 0.5) is 5.95 Å². The highest BCUT2D eigenvalue weighted by molar-refractivity contribution is 7.89. The molecule has 1 aliphatic heterocycles. The molecule has 1 N–H and O–H groups in total. The van der Waals surface area contributed by atoms with Crippen molar-refractivity contribution in [2.45, 2.75) is 23.8 Å². The molecule has 4 rings (SSSR count). The van der Waals surface area contributed by atoms with Crippen LogP contribution in [0.5, 0.6) is 0 Å². The zero-order valence-corrected chi connectivity index (χ0v) is 18.3. The number of sulfonamides is 1. The number of nitrogens with one attached hydrogen (secondary N) is 1. The number of aryl methyl sites for hydroxylation is 1. The zero-order valence-electron chi connectivity index (χ0n) is 16.8. The third-order valence-electron chi connectivity index (χ3n) is 5.21. The summed E-state index contributed by atoms with van der Waals surface area (Å²) in [6.07, 6.45) is 5.01. The van der Waals surface area contributed by atoms with Crippen LogP contribution in [0.15, 0.2) is 47.6 Å². The molecule has 1 aliphatic rings. The highest BCUT2D eigenvalue weighted by atomic mass is 35.5. The number of nitrogens with zero attached hydrogens (tertiary/aromatic N) is 5. The summed E-state index contributed by atoms with van der Waals surface area (Å²) in [5.74, 6) is 0.475. The maximum Gasteiger partial charge on any atom is 0.243 e. The average Bonchev–Trinajstić information content (AvgIpc) is 3.16. The fourth-order valence-corrected chi connectivity index (χ4v) is 5.12. The van der Waals surface area contributed by atoms with Gasteiger partial charge in [0.2, 0.25) is 16.0 Å². The third-order valence-corrected chi connectivity index (χ3v) is 7.30. The van der Waals surface area contributed by atoms with E-state index in [2.05, 4.69) is 20.4 Å². The van der Waals surface area contributed by atoms with E-state index in [0.717, 1.165) is 0 Å². The van der Waals surface area contributed by atoms with Gasteiger partial charge in [-0.25, -0.2) is 18.4 Å². The van der Waals surface area contributed by atoms with Gasteiger partial charge < -0.3 is 5.32 Å². The lowest BCUT2D eigenvalue weighted by Gasteiger charge is -2.31. The maximum absolute atomic E-state index is 13.2. The molecule has 0 spiro atoms. The van der Waals surface area contributed by atoms with Crippen molar-refractivity contribution in [2.24, 2.45) is 7.05 Å². The van der Waals surface area contributed by atoms with Crippen LogP contribution < -0.4 is 5.32 Å². The molecule has 2 aromatic heterocycles. The summed E-state index contributed by atoms with van der Waals surface area (Å²) in [4.78, 5) is 19.5. The highest BCUT2D eigenvalue weighted by Gasteiger charge is 2.30. The van der Waals surface area contributed by atoms with Crippen molar-refractivity contribution in [3.8, 4) is 11.3 Å². The van der Waals surface area contributed by atoms with Gasteiger partial charge in [0.15, 0.2) is 6.29 Å². The number of rotatable bonds is 6. The molecular weight excluding hydrogens is 440 g/mol. The number of hydrogen-bond donors (Lipinski definition) is 1. The molecule has 1 aromatic carbocycles. The van der Waals surface area contributed by atoms with E-state index in [9.17, 15) is 13.2 Å². The van der Waals surface area contributed by atoms with Gasteiger partial charge in [0.25, 0.3) is 0 Å². The highest BCUT2D eigenvalue weighted by Crippen LogP contribution is 2.26. The van der Waals surface area contributed by atoms with Crippen LogP contribution in [-0.2, 0) is 17.1 Å². The summed E-state index contributed by atoms with van der Waals surface area (Å²) in [7, 11) is -1.98. The number of carbonyl (C=O) groups is 1. The molecule has 3 aromatic rings. The maximum atomic E-state index is 13.2. The van der Waals surface area contributed by atoms with Crippen LogP contribution in [-0.4, -0.2) is 57.9 Å². The summed E-state index contributed by atoms with van der Waals surface area (Å²) >= 11 is 5.80. The summed E-state index contributed by atoms with van der Waals surface area (Å²) in [6.45, 7) is 0.771. The van der Waals surface area contributed by atoms with Crippen molar-refractivity contribution in [1.29, 1.82) is 0 Å². The lowest BCUT2D eigenvalue weighted by Crippen LogP contribution is -2.42. The number of carbonyl (C=O) groups excluding carboxylic acids is 1. The van der Waals surface area contributed by atoms with Crippen molar-refractivity contribution in [3.63, 3.8) is 0 Å². The van der Waals surface area contributed by atoms with E-state index in [1.54, 1.807) is 37.4 Å². The topological polar surface area (TPSA) is 110 Å². The molecule has 0 saturated carbocycles.